The van der Waals surface area contributed by atoms with Crippen molar-refractivity contribution in [3.63, 3.8) is 0 Å². The van der Waals surface area contributed by atoms with Crippen LogP contribution >= 0.6 is 0 Å². The summed E-state index contributed by atoms with van der Waals surface area (Å²) in [5.74, 6) is 0.267. The summed E-state index contributed by atoms with van der Waals surface area (Å²) in [6, 6.07) is 9.95. The zero-order valence-corrected chi connectivity index (χ0v) is 18.1. The van der Waals surface area contributed by atoms with E-state index in [9.17, 15) is 4.79 Å². The molecule has 0 saturated heterocycles. The summed E-state index contributed by atoms with van der Waals surface area (Å²) >= 11 is 0. The highest BCUT2D eigenvalue weighted by Crippen LogP contribution is 2.21. The van der Waals surface area contributed by atoms with E-state index >= 15 is 0 Å². The molecule has 0 fully saturated rings. The van der Waals surface area contributed by atoms with Crippen LogP contribution in [0.1, 0.15) is 109 Å². The molecule has 0 amide bonds. The smallest absolute Gasteiger partial charge is 0.313 e. The van der Waals surface area contributed by atoms with Crippen molar-refractivity contribution in [2.75, 3.05) is 6.61 Å². The molecule has 2 nitrogen and oxygen atoms in total. The van der Waals surface area contributed by atoms with Gasteiger partial charge in [0.2, 0.25) is 0 Å². The minimum atomic E-state index is -0.180. The molecular formula is C25H42O2. The normalized spacial score (nSPS) is 13.3. The molecule has 0 bridgehead atoms. The van der Waals surface area contributed by atoms with Crippen LogP contribution in [0, 0.1) is 5.92 Å². The van der Waals surface area contributed by atoms with Gasteiger partial charge in [-0.15, -0.1) is 0 Å². The lowest BCUT2D eigenvalue weighted by atomic mass is 9.95. The van der Waals surface area contributed by atoms with E-state index in [0.717, 1.165) is 5.56 Å². The number of ether oxygens (including phenoxy) is 1. The van der Waals surface area contributed by atoms with E-state index in [1.807, 2.05) is 37.3 Å². The largest absolute Gasteiger partial charge is 0.465 e. The number of unbranched alkanes of at least 4 members (excludes halogenated alkanes) is 8. The van der Waals surface area contributed by atoms with Crippen molar-refractivity contribution < 1.29 is 9.53 Å². The van der Waals surface area contributed by atoms with Crippen molar-refractivity contribution in [1.29, 1.82) is 0 Å². The van der Waals surface area contributed by atoms with E-state index in [2.05, 4.69) is 13.8 Å². The van der Waals surface area contributed by atoms with Crippen LogP contribution in [0.2, 0.25) is 0 Å². The van der Waals surface area contributed by atoms with Crippen molar-refractivity contribution in [3.8, 4) is 0 Å². The lowest BCUT2D eigenvalue weighted by molar-refractivity contribution is -0.146. The average Bonchev–Trinajstić information content (AvgIpc) is 2.71. The molecule has 0 aliphatic rings. The second kappa shape index (κ2) is 15.7. The summed E-state index contributed by atoms with van der Waals surface area (Å²) in [7, 11) is 0. The summed E-state index contributed by atoms with van der Waals surface area (Å²) in [5, 5.41) is 0. The molecule has 0 aliphatic heterocycles. The standard InChI is InChI=1S/C25H42O2/c1-4-6-8-10-11-14-18-23(17-13-9-7-5-2)21-27-25(26)22(3)24-19-15-12-16-20-24/h12,15-16,19-20,22-23H,4-11,13-14,17-18,21H2,1-3H3. The number of hydrogen-bond acceptors (Lipinski definition) is 2. The van der Waals surface area contributed by atoms with Crippen LogP contribution in [0.5, 0.6) is 0 Å². The monoisotopic (exact) mass is 374 g/mol. The molecule has 1 aromatic carbocycles. The molecule has 0 N–H and O–H groups in total. The molecule has 27 heavy (non-hydrogen) atoms. The van der Waals surface area contributed by atoms with Crippen molar-refractivity contribution in [1.82, 2.24) is 0 Å². The highest BCUT2D eigenvalue weighted by molar-refractivity contribution is 5.77. The van der Waals surface area contributed by atoms with Crippen LogP contribution in [0.3, 0.4) is 0 Å². The Labute approximate surface area is 168 Å². The number of carbonyl (C=O) groups is 1. The number of hydrogen-bond donors (Lipinski definition) is 0. The Balaban J connectivity index is 2.38. The van der Waals surface area contributed by atoms with Gasteiger partial charge in [-0.25, -0.2) is 0 Å². The van der Waals surface area contributed by atoms with Gasteiger partial charge in [-0.1, -0.05) is 108 Å². The van der Waals surface area contributed by atoms with Gasteiger partial charge in [0.15, 0.2) is 0 Å². The van der Waals surface area contributed by atoms with E-state index in [1.165, 1.54) is 77.0 Å². The van der Waals surface area contributed by atoms with Crippen molar-refractivity contribution in [3.05, 3.63) is 35.9 Å². The molecule has 0 aromatic heterocycles. The van der Waals surface area contributed by atoms with Gasteiger partial charge in [-0.05, 0) is 31.2 Å². The Bertz CT molecular complexity index is 468. The fraction of sp³-hybridized carbons (Fsp3) is 0.720. The molecule has 0 aliphatic carbocycles. The third kappa shape index (κ3) is 11.2. The first-order valence-corrected chi connectivity index (χ1v) is 11.4. The zero-order chi connectivity index (χ0) is 19.7. The van der Waals surface area contributed by atoms with Crippen LogP contribution in [0.4, 0.5) is 0 Å². The molecule has 0 saturated carbocycles. The minimum absolute atomic E-state index is 0.0808. The Hall–Kier alpha value is -1.31. The Morgan fingerprint density at radius 2 is 1.33 bits per heavy atom. The van der Waals surface area contributed by atoms with Gasteiger partial charge >= 0.3 is 5.97 Å². The topological polar surface area (TPSA) is 26.3 Å². The average molecular weight is 375 g/mol. The molecular weight excluding hydrogens is 332 g/mol. The molecule has 2 heteroatoms. The van der Waals surface area contributed by atoms with E-state index in [1.54, 1.807) is 0 Å². The number of esters is 1. The van der Waals surface area contributed by atoms with Gasteiger partial charge in [-0.2, -0.15) is 0 Å². The lowest BCUT2D eigenvalue weighted by Crippen LogP contribution is -2.18. The van der Waals surface area contributed by atoms with E-state index in [-0.39, 0.29) is 11.9 Å². The quantitative estimate of drug-likeness (QED) is 0.219. The first kappa shape index (κ1) is 23.7. The van der Waals surface area contributed by atoms with Crippen LogP contribution in [0.25, 0.3) is 0 Å². The molecule has 154 valence electrons. The third-order valence-corrected chi connectivity index (χ3v) is 5.55. The predicted octanol–water partition coefficient (Wildman–Crippen LogP) is 7.67. The highest BCUT2D eigenvalue weighted by atomic mass is 16.5. The fourth-order valence-corrected chi connectivity index (χ4v) is 3.59. The Morgan fingerprint density at radius 1 is 0.815 bits per heavy atom. The predicted molar refractivity (Wildman–Crippen MR) is 116 cm³/mol. The molecule has 2 unspecified atom stereocenters. The van der Waals surface area contributed by atoms with Crippen molar-refractivity contribution in [2.45, 2.75) is 104 Å². The van der Waals surface area contributed by atoms with E-state index in [4.69, 9.17) is 4.74 Å². The lowest BCUT2D eigenvalue weighted by Gasteiger charge is -2.19. The summed E-state index contributed by atoms with van der Waals surface area (Å²) in [6.45, 7) is 7.05. The van der Waals surface area contributed by atoms with Crippen LogP contribution < -0.4 is 0 Å². The molecule has 0 heterocycles. The molecule has 2 atom stereocenters. The molecule has 1 rings (SSSR count). The summed E-state index contributed by atoms with van der Waals surface area (Å²) in [6.07, 6.45) is 15.5. The van der Waals surface area contributed by atoms with Crippen LogP contribution in [-0.4, -0.2) is 12.6 Å². The van der Waals surface area contributed by atoms with Gasteiger partial charge in [0, 0.05) is 0 Å². The molecule has 0 spiro atoms. The SMILES string of the molecule is CCCCCCCCC(CCCCCC)COC(=O)C(C)c1ccccc1. The van der Waals surface area contributed by atoms with Crippen molar-refractivity contribution >= 4 is 5.97 Å². The van der Waals surface area contributed by atoms with Gasteiger partial charge in [0.1, 0.15) is 0 Å². The van der Waals surface area contributed by atoms with Crippen LogP contribution in [-0.2, 0) is 9.53 Å². The van der Waals surface area contributed by atoms with Gasteiger partial charge < -0.3 is 4.74 Å². The molecule has 1 aromatic rings. The van der Waals surface area contributed by atoms with Gasteiger partial charge in [0.25, 0.3) is 0 Å². The second-order valence-corrected chi connectivity index (χ2v) is 8.03. The van der Waals surface area contributed by atoms with E-state index in [0.29, 0.717) is 12.5 Å². The van der Waals surface area contributed by atoms with Gasteiger partial charge in [-0.3, -0.25) is 4.79 Å². The maximum absolute atomic E-state index is 12.5. The summed E-state index contributed by atoms with van der Waals surface area (Å²) < 4.78 is 5.73. The Kier molecular flexibility index (Phi) is 13.8. The first-order valence-electron chi connectivity index (χ1n) is 11.4. The fourth-order valence-electron chi connectivity index (χ4n) is 3.59. The molecule has 0 radical (unpaired) electrons. The van der Waals surface area contributed by atoms with E-state index < -0.39 is 0 Å². The van der Waals surface area contributed by atoms with Gasteiger partial charge in [0.05, 0.1) is 12.5 Å². The zero-order valence-electron chi connectivity index (χ0n) is 18.1. The first-order chi connectivity index (χ1) is 13.2. The number of benzene rings is 1. The maximum Gasteiger partial charge on any atom is 0.313 e. The van der Waals surface area contributed by atoms with Crippen molar-refractivity contribution in [2.24, 2.45) is 5.92 Å². The highest BCUT2D eigenvalue weighted by Gasteiger charge is 2.18. The maximum atomic E-state index is 12.5. The Morgan fingerprint density at radius 3 is 1.93 bits per heavy atom. The summed E-state index contributed by atoms with van der Waals surface area (Å²) in [5.41, 5.74) is 1.04. The summed E-state index contributed by atoms with van der Waals surface area (Å²) in [4.78, 5) is 12.5. The minimum Gasteiger partial charge on any atom is -0.465 e. The van der Waals surface area contributed by atoms with Crippen LogP contribution in [0.15, 0.2) is 30.3 Å². The third-order valence-electron chi connectivity index (χ3n) is 5.55. The second-order valence-electron chi connectivity index (χ2n) is 8.03. The number of rotatable bonds is 16. The number of carbonyl (C=O) groups excluding carboxylic acids is 1.